The Morgan fingerprint density at radius 3 is 2.60 bits per heavy atom. The maximum atomic E-state index is 5.72. The first-order valence-corrected chi connectivity index (χ1v) is 9.18. The number of nitrogens with zero attached hydrogens (tertiary/aromatic N) is 1. The van der Waals surface area contributed by atoms with Crippen molar-refractivity contribution in [2.45, 2.75) is 45.1 Å². The van der Waals surface area contributed by atoms with Gasteiger partial charge in [0.05, 0.1) is 6.54 Å². The van der Waals surface area contributed by atoms with E-state index in [-0.39, 0.29) is 5.41 Å². The maximum absolute atomic E-state index is 5.72. The molecule has 0 bridgehead atoms. The van der Waals surface area contributed by atoms with Crippen molar-refractivity contribution in [3.63, 3.8) is 0 Å². The Morgan fingerprint density at radius 2 is 1.88 bits per heavy atom. The topological polar surface area (TPSA) is 54.9 Å². The van der Waals surface area contributed by atoms with E-state index in [1.54, 1.807) is 0 Å². The van der Waals surface area contributed by atoms with Crippen molar-refractivity contribution < 1.29 is 9.47 Å². The number of hydrogen-bond donors (Lipinski definition) is 2. The lowest BCUT2D eigenvalue weighted by Crippen LogP contribution is -2.43. The Hall–Kier alpha value is -2.17. The molecule has 2 N–H and O–H groups in total. The summed E-state index contributed by atoms with van der Waals surface area (Å²) in [6, 6.07) is 6.66. The minimum absolute atomic E-state index is 0.0912. The van der Waals surface area contributed by atoms with Gasteiger partial charge in [-0.05, 0) is 37.5 Å². The second kappa shape index (κ2) is 7.81. The fourth-order valence-electron chi connectivity index (χ4n) is 3.08. The minimum Gasteiger partial charge on any atom is -0.486 e. The SMILES string of the molecule is CCNC(=NCC(C)(C)c1ccc2c(c1)OCCO2)NC1CC=CC1. The molecule has 0 aromatic heterocycles. The number of guanidine groups is 1. The van der Waals surface area contributed by atoms with Gasteiger partial charge in [-0.25, -0.2) is 0 Å². The predicted octanol–water partition coefficient (Wildman–Crippen LogP) is 3.01. The highest BCUT2D eigenvalue weighted by atomic mass is 16.6. The average Bonchev–Trinajstić information content (AvgIpc) is 3.12. The normalized spacial score (nSPS) is 17.6. The minimum atomic E-state index is -0.0912. The molecular formula is C20H29N3O2. The van der Waals surface area contributed by atoms with E-state index in [4.69, 9.17) is 14.5 Å². The van der Waals surface area contributed by atoms with E-state index in [1.165, 1.54) is 5.56 Å². The number of benzene rings is 1. The summed E-state index contributed by atoms with van der Waals surface area (Å²) in [5.41, 5.74) is 1.12. The summed E-state index contributed by atoms with van der Waals surface area (Å²) in [7, 11) is 0. The van der Waals surface area contributed by atoms with Gasteiger partial charge in [0.25, 0.3) is 0 Å². The van der Waals surface area contributed by atoms with Crippen molar-refractivity contribution in [3.8, 4) is 11.5 Å². The first-order valence-electron chi connectivity index (χ1n) is 9.18. The number of rotatable bonds is 5. The second-order valence-corrected chi connectivity index (χ2v) is 7.22. The highest BCUT2D eigenvalue weighted by molar-refractivity contribution is 5.80. The van der Waals surface area contributed by atoms with E-state index in [9.17, 15) is 0 Å². The molecule has 0 saturated carbocycles. The van der Waals surface area contributed by atoms with E-state index in [1.807, 2.05) is 6.07 Å². The zero-order valence-electron chi connectivity index (χ0n) is 15.5. The molecule has 0 atom stereocenters. The number of nitrogens with one attached hydrogen (secondary N) is 2. The van der Waals surface area contributed by atoms with Crippen LogP contribution in [0.4, 0.5) is 0 Å². The van der Waals surface area contributed by atoms with Crippen LogP contribution in [-0.2, 0) is 5.41 Å². The summed E-state index contributed by atoms with van der Waals surface area (Å²) >= 11 is 0. The summed E-state index contributed by atoms with van der Waals surface area (Å²) in [6.07, 6.45) is 6.58. The molecule has 1 aliphatic heterocycles. The zero-order valence-corrected chi connectivity index (χ0v) is 15.5. The smallest absolute Gasteiger partial charge is 0.191 e. The first-order chi connectivity index (χ1) is 12.1. The molecule has 2 aliphatic rings. The van der Waals surface area contributed by atoms with Crippen LogP contribution in [0.3, 0.4) is 0 Å². The molecule has 0 saturated heterocycles. The van der Waals surface area contributed by atoms with Crippen molar-refractivity contribution in [1.29, 1.82) is 0 Å². The van der Waals surface area contributed by atoms with E-state index in [0.29, 0.717) is 25.8 Å². The molecule has 5 nitrogen and oxygen atoms in total. The van der Waals surface area contributed by atoms with E-state index >= 15 is 0 Å². The third-order valence-electron chi connectivity index (χ3n) is 4.65. The third-order valence-corrected chi connectivity index (χ3v) is 4.65. The molecule has 0 spiro atoms. The van der Waals surface area contributed by atoms with Gasteiger partial charge in [-0.15, -0.1) is 0 Å². The lowest BCUT2D eigenvalue weighted by atomic mass is 9.84. The van der Waals surface area contributed by atoms with E-state index in [2.05, 4.69) is 55.7 Å². The van der Waals surface area contributed by atoms with Crippen molar-refractivity contribution >= 4 is 5.96 Å². The molecule has 0 unspecified atom stereocenters. The molecule has 0 fully saturated rings. The fraction of sp³-hybridized carbons (Fsp3) is 0.550. The van der Waals surface area contributed by atoms with Crippen LogP contribution in [-0.4, -0.2) is 38.3 Å². The van der Waals surface area contributed by atoms with Crippen LogP contribution in [0.1, 0.15) is 39.2 Å². The van der Waals surface area contributed by atoms with Crippen molar-refractivity contribution in [2.75, 3.05) is 26.3 Å². The largest absolute Gasteiger partial charge is 0.486 e. The monoisotopic (exact) mass is 343 g/mol. The van der Waals surface area contributed by atoms with Crippen LogP contribution < -0.4 is 20.1 Å². The van der Waals surface area contributed by atoms with E-state index < -0.39 is 0 Å². The maximum Gasteiger partial charge on any atom is 0.191 e. The number of aliphatic imine (C=N–C) groups is 1. The molecule has 1 aromatic rings. The number of ether oxygens (including phenoxy) is 2. The summed E-state index contributed by atoms with van der Waals surface area (Å²) < 4.78 is 11.3. The Morgan fingerprint density at radius 1 is 1.16 bits per heavy atom. The van der Waals surface area contributed by atoms with Crippen LogP contribution in [0, 0.1) is 0 Å². The van der Waals surface area contributed by atoms with Gasteiger partial charge in [-0.1, -0.05) is 32.1 Å². The Kier molecular flexibility index (Phi) is 5.51. The Balaban J connectivity index is 1.69. The van der Waals surface area contributed by atoms with Gasteiger partial charge in [-0.3, -0.25) is 4.99 Å². The van der Waals surface area contributed by atoms with Crippen LogP contribution in [0.25, 0.3) is 0 Å². The summed E-state index contributed by atoms with van der Waals surface area (Å²) in [5, 5.41) is 6.87. The lowest BCUT2D eigenvalue weighted by molar-refractivity contribution is 0.171. The lowest BCUT2D eigenvalue weighted by Gasteiger charge is -2.27. The van der Waals surface area contributed by atoms with Crippen LogP contribution in [0.5, 0.6) is 11.5 Å². The van der Waals surface area contributed by atoms with Gasteiger partial charge in [0.1, 0.15) is 13.2 Å². The number of hydrogen-bond acceptors (Lipinski definition) is 3. The summed E-state index contributed by atoms with van der Waals surface area (Å²) in [6.45, 7) is 9.30. The summed E-state index contributed by atoms with van der Waals surface area (Å²) in [5.74, 6) is 2.56. The van der Waals surface area contributed by atoms with Gasteiger partial charge < -0.3 is 20.1 Å². The zero-order chi connectivity index (χ0) is 17.7. The molecule has 1 aliphatic carbocycles. The van der Waals surface area contributed by atoms with Gasteiger partial charge in [-0.2, -0.15) is 0 Å². The Labute approximate surface area is 150 Å². The van der Waals surface area contributed by atoms with Gasteiger partial charge in [0.15, 0.2) is 17.5 Å². The van der Waals surface area contributed by atoms with Gasteiger partial charge in [0.2, 0.25) is 0 Å². The fourth-order valence-corrected chi connectivity index (χ4v) is 3.08. The van der Waals surface area contributed by atoms with E-state index in [0.717, 1.165) is 36.8 Å². The molecule has 25 heavy (non-hydrogen) atoms. The standard InChI is InChI=1S/C20H29N3O2/c1-4-21-19(23-16-7-5-6-8-16)22-14-20(2,3)15-9-10-17-18(13-15)25-12-11-24-17/h5-6,9-10,13,16H,4,7-8,11-12,14H2,1-3H3,(H2,21,22,23). The molecule has 0 radical (unpaired) electrons. The van der Waals surface area contributed by atoms with Crippen LogP contribution in [0.2, 0.25) is 0 Å². The molecule has 3 rings (SSSR count). The van der Waals surface area contributed by atoms with Crippen molar-refractivity contribution in [1.82, 2.24) is 10.6 Å². The van der Waals surface area contributed by atoms with Crippen LogP contribution >= 0.6 is 0 Å². The Bertz CT molecular complexity index is 644. The molecule has 0 amide bonds. The molecule has 1 heterocycles. The second-order valence-electron chi connectivity index (χ2n) is 7.22. The van der Waals surface area contributed by atoms with Gasteiger partial charge in [0, 0.05) is 18.0 Å². The average molecular weight is 343 g/mol. The third kappa shape index (κ3) is 4.47. The quantitative estimate of drug-likeness (QED) is 0.490. The van der Waals surface area contributed by atoms with Crippen molar-refractivity contribution in [2.24, 2.45) is 4.99 Å². The summed E-state index contributed by atoms with van der Waals surface area (Å²) in [4.78, 5) is 4.83. The van der Waals surface area contributed by atoms with Gasteiger partial charge >= 0.3 is 0 Å². The molecular weight excluding hydrogens is 314 g/mol. The molecule has 5 heteroatoms. The molecule has 136 valence electrons. The predicted molar refractivity (Wildman–Crippen MR) is 102 cm³/mol. The highest BCUT2D eigenvalue weighted by Gasteiger charge is 2.24. The molecule has 1 aromatic carbocycles. The highest BCUT2D eigenvalue weighted by Crippen LogP contribution is 2.35. The number of fused-ring (bicyclic) bond motifs is 1. The van der Waals surface area contributed by atoms with Crippen molar-refractivity contribution in [3.05, 3.63) is 35.9 Å². The first kappa shape index (κ1) is 17.6. The van der Waals surface area contributed by atoms with Crippen LogP contribution in [0.15, 0.2) is 35.3 Å².